The normalized spacial score (nSPS) is 20.1. The molecule has 0 aliphatic carbocycles. The molecule has 2 aromatic rings. The molecule has 3 heterocycles. The van der Waals surface area contributed by atoms with E-state index in [2.05, 4.69) is 9.88 Å². The molecule has 1 saturated heterocycles. The van der Waals surface area contributed by atoms with Gasteiger partial charge in [-0.2, -0.15) is 13.2 Å². The lowest BCUT2D eigenvalue weighted by Gasteiger charge is -2.44. The summed E-state index contributed by atoms with van der Waals surface area (Å²) < 4.78 is 65.1. The van der Waals surface area contributed by atoms with Crippen LogP contribution in [0.2, 0.25) is 0 Å². The Morgan fingerprint density at radius 1 is 1.15 bits per heavy atom. The Morgan fingerprint density at radius 2 is 1.76 bits per heavy atom. The highest BCUT2D eigenvalue weighted by atomic mass is 32.2. The second-order valence-electron chi connectivity index (χ2n) is 8.40. The molecule has 2 aliphatic rings. The fourth-order valence-corrected chi connectivity index (χ4v) is 5.40. The van der Waals surface area contributed by atoms with E-state index in [9.17, 15) is 21.6 Å². The molecule has 12 heteroatoms. The molecular weight excluding hydrogens is 475 g/mol. The van der Waals surface area contributed by atoms with E-state index >= 15 is 0 Å². The number of para-hydroxylation sites is 1. The molecule has 1 N–H and O–H groups in total. The number of alkyl halides is 3. The van der Waals surface area contributed by atoms with Crippen molar-refractivity contribution in [2.75, 3.05) is 33.3 Å². The maximum Gasteiger partial charge on any atom is 0.490 e. The van der Waals surface area contributed by atoms with Gasteiger partial charge in [-0.1, -0.05) is 18.2 Å². The van der Waals surface area contributed by atoms with Crippen molar-refractivity contribution in [1.82, 2.24) is 14.2 Å². The third-order valence-corrected chi connectivity index (χ3v) is 7.74. The molecule has 0 unspecified atom stereocenters. The summed E-state index contributed by atoms with van der Waals surface area (Å²) in [6, 6.07) is 12.9. The predicted octanol–water partition coefficient (Wildman–Crippen LogP) is 3.01. The van der Waals surface area contributed by atoms with Crippen molar-refractivity contribution in [3.05, 3.63) is 54.4 Å². The number of halogens is 3. The van der Waals surface area contributed by atoms with Crippen LogP contribution in [0.3, 0.4) is 0 Å². The van der Waals surface area contributed by atoms with E-state index in [1.165, 1.54) is 4.31 Å². The second kappa shape index (κ2) is 10.3. The number of likely N-dealkylation sites (tertiary alicyclic amines) is 1. The Bertz CT molecular complexity index is 1090. The monoisotopic (exact) mass is 501 g/mol. The predicted molar refractivity (Wildman–Crippen MR) is 117 cm³/mol. The van der Waals surface area contributed by atoms with Crippen molar-refractivity contribution in [3.63, 3.8) is 0 Å². The van der Waals surface area contributed by atoms with Crippen molar-refractivity contribution in [3.8, 4) is 5.75 Å². The van der Waals surface area contributed by atoms with Crippen molar-refractivity contribution < 1.29 is 36.2 Å². The van der Waals surface area contributed by atoms with Crippen LogP contribution in [-0.4, -0.2) is 73.1 Å². The molecular formula is C22H26F3N3O5S. The van der Waals surface area contributed by atoms with Crippen LogP contribution >= 0.6 is 0 Å². The zero-order valence-electron chi connectivity index (χ0n) is 18.5. The largest absolute Gasteiger partial charge is 0.492 e. The molecule has 0 radical (unpaired) electrons. The minimum absolute atomic E-state index is 0.157. The van der Waals surface area contributed by atoms with Gasteiger partial charge >= 0.3 is 12.1 Å². The fraction of sp³-hybridized carbons (Fsp3) is 0.455. The third kappa shape index (κ3) is 6.24. The average Bonchev–Trinajstić information content (AvgIpc) is 2.79. The molecule has 4 rings (SSSR count). The van der Waals surface area contributed by atoms with Crippen LogP contribution in [0.4, 0.5) is 13.2 Å². The quantitative estimate of drug-likeness (QED) is 0.675. The highest BCUT2D eigenvalue weighted by Crippen LogP contribution is 2.38. The van der Waals surface area contributed by atoms with Crippen LogP contribution in [0.5, 0.6) is 5.75 Å². The molecule has 1 aromatic carbocycles. The van der Waals surface area contributed by atoms with E-state index in [1.54, 1.807) is 25.2 Å². The van der Waals surface area contributed by atoms with Gasteiger partial charge in [0.25, 0.3) is 0 Å². The number of piperidine rings is 1. The molecule has 34 heavy (non-hydrogen) atoms. The summed E-state index contributed by atoms with van der Waals surface area (Å²) in [7, 11) is -1.85. The number of carboxylic acids is 1. The lowest BCUT2D eigenvalue weighted by atomic mass is 9.79. The molecule has 186 valence electrons. The van der Waals surface area contributed by atoms with Gasteiger partial charge in [-0.3, -0.25) is 9.88 Å². The van der Waals surface area contributed by atoms with Gasteiger partial charge in [-0.15, -0.1) is 0 Å². The smallest absolute Gasteiger partial charge is 0.490 e. The number of nitrogens with zero attached hydrogens (tertiary/aromatic N) is 3. The Hall–Kier alpha value is -2.70. The molecule has 1 spiro atoms. The number of rotatable bonds is 2. The van der Waals surface area contributed by atoms with Gasteiger partial charge in [0, 0.05) is 31.7 Å². The minimum atomic E-state index is -5.08. The number of fused-ring (bicyclic) bond motifs is 1. The Morgan fingerprint density at radius 3 is 2.35 bits per heavy atom. The Balaban J connectivity index is 0.000000406. The maximum absolute atomic E-state index is 12.9. The third-order valence-electron chi connectivity index (χ3n) is 5.90. The molecule has 0 bridgehead atoms. The molecule has 1 aromatic heterocycles. The van der Waals surface area contributed by atoms with Gasteiger partial charge in [-0.25, -0.2) is 17.5 Å². The highest BCUT2D eigenvalue weighted by Gasteiger charge is 2.41. The summed E-state index contributed by atoms with van der Waals surface area (Å²) in [6.45, 7) is 3.68. The number of benzene rings is 1. The van der Waals surface area contributed by atoms with Crippen LogP contribution in [0, 0.1) is 5.41 Å². The summed E-state index contributed by atoms with van der Waals surface area (Å²) in [6.07, 6.45) is -1.45. The van der Waals surface area contributed by atoms with E-state index < -0.39 is 22.2 Å². The lowest BCUT2D eigenvalue weighted by Crippen LogP contribution is -2.50. The molecule has 0 atom stereocenters. The summed E-state index contributed by atoms with van der Waals surface area (Å²) in [5, 5.41) is 7.12. The number of hydrogen-bond acceptors (Lipinski definition) is 6. The van der Waals surface area contributed by atoms with Crippen LogP contribution in [0.15, 0.2) is 53.6 Å². The van der Waals surface area contributed by atoms with Crippen molar-refractivity contribution in [1.29, 1.82) is 0 Å². The average molecular weight is 502 g/mol. The van der Waals surface area contributed by atoms with Crippen LogP contribution in [0.25, 0.3) is 0 Å². The van der Waals surface area contributed by atoms with E-state index in [0.29, 0.717) is 18.9 Å². The summed E-state index contributed by atoms with van der Waals surface area (Å²) in [5.41, 5.74) is 0.909. The van der Waals surface area contributed by atoms with Crippen LogP contribution in [-0.2, 0) is 21.4 Å². The number of carbonyl (C=O) groups is 1. The van der Waals surface area contributed by atoms with Crippen molar-refractivity contribution in [2.24, 2.45) is 5.41 Å². The first kappa shape index (κ1) is 25.9. The van der Waals surface area contributed by atoms with E-state index in [4.69, 9.17) is 14.6 Å². The first-order valence-electron chi connectivity index (χ1n) is 10.5. The van der Waals surface area contributed by atoms with Gasteiger partial charge in [-0.05, 0) is 50.2 Å². The van der Waals surface area contributed by atoms with Crippen molar-refractivity contribution in [2.45, 2.75) is 30.5 Å². The number of aromatic nitrogens is 1. The van der Waals surface area contributed by atoms with Crippen molar-refractivity contribution >= 4 is 16.0 Å². The molecule has 1 fully saturated rings. The topological polar surface area (TPSA) is 100 Å². The summed E-state index contributed by atoms with van der Waals surface area (Å²) >= 11 is 0. The van der Waals surface area contributed by atoms with Gasteiger partial charge < -0.3 is 9.84 Å². The number of ether oxygens (including phenoxy) is 1. The number of sulfonamides is 1. The standard InChI is InChI=1S/C20H25N3O3S.C2HF3O2/c1-22-15-20(16-26-18-7-2-3-8-19(18)27(22,24)25)9-12-23(13-10-20)14-17-6-4-5-11-21-17;3-2(4,5)1(6)7/h2-8,11H,9-10,12-16H2,1H3;(H,6,7). The highest BCUT2D eigenvalue weighted by molar-refractivity contribution is 7.89. The number of hydrogen-bond donors (Lipinski definition) is 1. The zero-order chi connectivity index (χ0) is 25.0. The Kier molecular flexibility index (Phi) is 7.84. The number of carboxylic acid groups (broad SMARTS) is 1. The van der Waals surface area contributed by atoms with Crippen LogP contribution in [0.1, 0.15) is 18.5 Å². The van der Waals surface area contributed by atoms with Gasteiger partial charge in [0.2, 0.25) is 10.0 Å². The van der Waals surface area contributed by atoms with Gasteiger partial charge in [0.15, 0.2) is 0 Å². The number of aliphatic carboxylic acids is 1. The van der Waals surface area contributed by atoms with Gasteiger partial charge in [0.05, 0.1) is 12.3 Å². The molecule has 8 nitrogen and oxygen atoms in total. The SMILES string of the molecule is CN1CC2(CCN(Cc3ccccn3)CC2)COc2ccccc2S1(=O)=O.O=C(O)C(F)(F)F. The minimum Gasteiger partial charge on any atom is -0.492 e. The molecule has 0 saturated carbocycles. The Labute approximate surface area is 196 Å². The molecule has 0 amide bonds. The summed E-state index contributed by atoms with van der Waals surface area (Å²) in [5.74, 6) is -2.30. The van der Waals surface area contributed by atoms with E-state index in [-0.39, 0.29) is 10.3 Å². The van der Waals surface area contributed by atoms with E-state index in [1.807, 2.05) is 30.5 Å². The zero-order valence-corrected chi connectivity index (χ0v) is 19.3. The fourth-order valence-electron chi connectivity index (χ4n) is 3.99. The molecule has 2 aliphatic heterocycles. The second-order valence-corrected chi connectivity index (χ2v) is 10.4. The number of pyridine rings is 1. The van der Waals surface area contributed by atoms with Gasteiger partial charge in [0.1, 0.15) is 10.6 Å². The first-order valence-corrected chi connectivity index (χ1v) is 12.0. The first-order chi connectivity index (χ1) is 15.9. The maximum atomic E-state index is 12.9. The van der Waals surface area contributed by atoms with Crippen LogP contribution < -0.4 is 4.74 Å². The lowest BCUT2D eigenvalue weighted by molar-refractivity contribution is -0.192. The summed E-state index contributed by atoms with van der Waals surface area (Å²) in [4.78, 5) is 15.9. The van der Waals surface area contributed by atoms with E-state index in [0.717, 1.165) is 38.2 Å².